The highest BCUT2D eigenvalue weighted by atomic mass is 19.4. The van der Waals surface area contributed by atoms with Gasteiger partial charge in [0.2, 0.25) is 0 Å². The average Bonchev–Trinajstić information content (AvgIpc) is 3.47. The minimum Gasteiger partial charge on any atom is -0.333 e. The van der Waals surface area contributed by atoms with Crippen molar-refractivity contribution >= 4 is 17.2 Å². The van der Waals surface area contributed by atoms with Gasteiger partial charge < -0.3 is 4.98 Å². The number of nitrogens with one attached hydrogen (secondary N) is 1. The van der Waals surface area contributed by atoms with Crippen LogP contribution in [0.3, 0.4) is 0 Å². The number of tetrazole rings is 1. The van der Waals surface area contributed by atoms with Gasteiger partial charge in [-0.25, -0.2) is 18.6 Å². The maximum atomic E-state index is 13.4. The quantitative estimate of drug-likeness (QED) is 0.319. The van der Waals surface area contributed by atoms with Crippen molar-refractivity contribution in [1.82, 2.24) is 39.3 Å². The zero-order valence-corrected chi connectivity index (χ0v) is 19.3. The monoisotopic (exact) mass is 524 g/mol. The Kier molecular flexibility index (Phi) is 7.31. The molecule has 0 amide bonds. The van der Waals surface area contributed by atoms with E-state index in [1.165, 1.54) is 16.9 Å². The van der Waals surface area contributed by atoms with E-state index >= 15 is 0 Å². The van der Waals surface area contributed by atoms with Crippen molar-refractivity contribution in [2.75, 3.05) is 0 Å². The first kappa shape index (κ1) is 25.9. The van der Waals surface area contributed by atoms with Gasteiger partial charge in [0, 0.05) is 25.9 Å². The molecule has 0 spiro atoms. The molecule has 1 N–H and O–H groups in total. The maximum Gasteiger partial charge on any atom is 0.389 e. The number of rotatable bonds is 10. The number of hydrogen-bond donors (Lipinski definition) is 1. The number of aromatic amines is 1. The lowest BCUT2D eigenvalue weighted by molar-refractivity contribution is -0.135. The molecule has 0 saturated heterocycles. The standard InChI is InChI=1S/C22H21F5N8O2/c1-2-16-28-18-19(29-16)33(8-3-7-22(25,26)27)21(37)34(20(18)36)9-4-10-35-31-17(30-32-35)12-13-5-6-14(23)15(24)11-13/h2,5-6,11H,1,3-4,7-10,12H2,(H,28,29). The van der Waals surface area contributed by atoms with Crippen molar-refractivity contribution in [3.8, 4) is 0 Å². The lowest BCUT2D eigenvalue weighted by atomic mass is 10.1. The molecular formula is C22H21F5N8O2. The first-order valence-electron chi connectivity index (χ1n) is 11.2. The molecule has 0 aliphatic carbocycles. The van der Waals surface area contributed by atoms with Crippen LogP contribution >= 0.6 is 0 Å². The average molecular weight is 524 g/mol. The van der Waals surface area contributed by atoms with Crippen molar-refractivity contribution in [2.45, 2.75) is 51.5 Å². The number of hydrogen-bond acceptors (Lipinski definition) is 6. The van der Waals surface area contributed by atoms with Gasteiger partial charge in [0.25, 0.3) is 5.56 Å². The molecule has 3 aromatic heterocycles. The van der Waals surface area contributed by atoms with E-state index in [4.69, 9.17) is 0 Å². The van der Waals surface area contributed by atoms with Crippen LogP contribution in [-0.4, -0.2) is 45.5 Å². The van der Waals surface area contributed by atoms with E-state index in [2.05, 4.69) is 32.0 Å². The van der Waals surface area contributed by atoms with E-state index in [0.717, 1.165) is 21.3 Å². The molecule has 37 heavy (non-hydrogen) atoms. The Labute approximate surface area is 205 Å². The highest BCUT2D eigenvalue weighted by Gasteiger charge is 2.27. The van der Waals surface area contributed by atoms with Gasteiger partial charge in [0.1, 0.15) is 11.3 Å². The van der Waals surface area contributed by atoms with Gasteiger partial charge in [0.05, 0.1) is 6.54 Å². The lowest BCUT2D eigenvalue weighted by Gasteiger charge is -2.12. The van der Waals surface area contributed by atoms with Crippen molar-refractivity contribution in [3.63, 3.8) is 0 Å². The van der Waals surface area contributed by atoms with Crippen LogP contribution in [-0.2, 0) is 26.1 Å². The highest BCUT2D eigenvalue weighted by molar-refractivity contribution is 5.71. The number of alkyl halides is 3. The summed E-state index contributed by atoms with van der Waals surface area (Å²) in [4.78, 5) is 34.0. The zero-order valence-electron chi connectivity index (χ0n) is 19.3. The fourth-order valence-electron chi connectivity index (χ4n) is 3.76. The summed E-state index contributed by atoms with van der Waals surface area (Å²) >= 11 is 0. The van der Waals surface area contributed by atoms with Gasteiger partial charge in [-0.15, -0.1) is 10.2 Å². The largest absolute Gasteiger partial charge is 0.389 e. The van der Waals surface area contributed by atoms with Crippen LogP contribution in [0.5, 0.6) is 0 Å². The molecular weight excluding hydrogens is 503 g/mol. The molecule has 196 valence electrons. The molecule has 0 atom stereocenters. The van der Waals surface area contributed by atoms with Gasteiger partial charge >= 0.3 is 11.9 Å². The van der Waals surface area contributed by atoms with Gasteiger partial charge in [-0.05, 0) is 41.8 Å². The maximum absolute atomic E-state index is 13.4. The highest BCUT2D eigenvalue weighted by Crippen LogP contribution is 2.22. The van der Waals surface area contributed by atoms with Crippen LogP contribution in [0, 0.1) is 11.6 Å². The normalized spacial score (nSPS) is 11.9. The summed E-state index contributed by atoms with van der Waals surface area (Å²) in [6.45, 7) is 3.35. The number of fused-ring (bicyclic) bond motifs is 1. The molecule has 15 heteroatoms. The Morgan fingerprint density at radius 1 is 1.03 bits per heavy atom. The Bertz CT molecular complexity index is 1550. The Morgan fingerprint density at radius 3 is 2.49 bits per heavy atom. The van der Waals surface area contributed by atoms with E-state index in [-0.39, 0.29) is 61.7 Å². The van der Waals surface area contributed by atoms with Crippen molar-refractivity contribution in [2.24, 2.45) is 0 Å². The van der Waals surface area contributed by atoms with Crippen LogP contribution in [0.4, 0.5) is 22.0 Å². The third-order valence-electron chi connectivity index (χ3n) is 5.50. The van der Waals surface area contributed by atoms with Gasteiger partial charge in [-0.3, -0.25) is 13.9 Å². The van der Waals surface area contributed by atoms with Crippen LogP contribution in [0.15, 0.2) is 34.4 Å². The molecule has 0 saturated carbocycles. The van der Waals surface area contributed by atoms with Crippen LogP contribution in [0.2, 0.25) is 0 Å². The summed E-state index contributed by atoms with van der Waals surface area (Å²) in [5.74, 6) is -1.50. The zero-order chi connectivity index (χ0) is 26.7. The molecule has 0 aliphatic heterocycles. The molecule has 0 bridgehead atoms. The van der Waals surface area contributed by atoms with E-state index in [1.54, 1.807) is 0 Å². The van der Waals surface area contributed by atoms with Crippen molar-refractivity contribution in [3.05, 3.63) is 74.5 Å². The van der Waals surface area contributed by atoms with Crippen LogP contribution in [0.25, 0.3) is 17.2 Å². The van der Waals surface area contributed by atoms with Crippen molar-refractivity contribution < 1.29 is 22.0 Å². The summed E-state index contributed by atoms with van der Waals surface area (Å²) in [7, 11) is 0. The molecule has 4 aromatic rings. The van der Waals surface area contributed by atoms with Crippen LogP contribution < -0.4 is 11.2 Å². The van der Waals surface area contributed by atoms with Crippen LogP contribution in [0.1, 0.15) is 36.5 Å². The summed E-state index contributed by atoms with van der Waals surface area (Å²) in [5, 5.41) is 11.9. The molecule has 0 unspecified atom stereocenters. The number of H-pyrrole nitrogens is 1. The van der Waals surface area contributed by atoms with Crippen molar-refractivity contribution in [1.29, 1.82) is 0 Å². The SMILES string of the molecule is C=Cc1nc2c([nH]1)c(=O)n(CCCn1nnc(Cc3ccc(F)c(F)c3)n1)c(=O)n2CCCC(F)(F)F. The summed E-state index contributed by atoms with van der Waals surface area (Å²) < 4.78 is 66.3. The Balaban J connectivity index is 1.49. The topological polar surface area (TPSA) is 116 Å². The number of imidazole rings is 1. The van der Waals surface area contributed by atoms with Gasteiger partial charge in [-0.2, -0.15) is 18.0 Å². The first-order valence-corrected chi connectivity index (χ1v) is 11.2. The number of benzene rings is 1. The summed E-state index contributed by atoms with van der Waals surface area (Å²) in [6.07, 6.45) is -4.19. The number of aryl methyl sites for hydroxylation is 2. The Hall–Kier alpha value is -4.17. The number of halogens is 5. The minimum atomic E-state index is -4.39. The number of nitrogens with zero attached hydrogens (tertiary/aromatic N) is 7. The third kappa shape index (κ3) is 5.98. The third-order valence-corrected chi connectivity index (χ3v) is 5.50. The predicted molar refractivity (Wildman–Crippen MR) is 122 cm³/mol. The van der Waals surface area contributed by atoms with E-state index in [0.29, 0.717) is 5.56 Å². The molecule has 0 fully saturated rings. The summed E-state index contributed by atoms with van der Waals surface area (Å²) in [5.41, 5.74) is -1.06. The smallest absolute Gasteiger partial charge is 0.333 e. The van der Waals surface area contributed by atoms with E-state index < -0.39 is 35.5 Å². The molecule has 1 aromatic carbocycles. The second-order valence-electron chi connectivity index (χ2n) is 8.21. The number of aromatic nitrogens is 8. The van der Waals surface area contributed by atoms with E-state index in [9.17, 15) is 31.5 Å². The second kappa shape index (κ2) is 10.4. The molecule has 4 rings (SSSR count). The predicted octanol–water partition coefficient (Wildman–Crippen LogP) is 2.82. The summed E-state index contributed by atoms with van der Waals surface area (Å²) in [6, 6.07) is 3.43. The molecule has 10 nitrogen and oxygen atoms in total. The van der Waals surface area contributed by atoms with Gasteiger partial charge in [0.15, 0.2) is 23.1 Å². The fourth-order valence-corrected chi connectivity index (χ4v) is 3.76. The Morgan fingerprint density at radius 2 is 1.78 bits per heavy atom. The molecule has 3 heterocycles. The molecule has 0 aliphatic rings. The fraction of sp³-hybridized carbons (Fsp3) is 0.364. The second-order valence-corrected chi connectivity index (χ2v) is 8.21. The molecule has 0 radical (unpaired) electrons. The minimum absolute atomic E-state index is 0.0193. The van der Waals surface area contributed by atoms with E-state index in [1.807, 2.05) is 0 Å². The first-order chi connectivity index (χ1) is 17.6. The lowest BCUT2D eigenvalue weighted by Crippen LogP contribution is -2.40. The van der Waals surface area contributed by atoms with Gasteiger partial charge in [-0.1, -0.05) is 12.6 Å².